The summed E-state index contributed by atoms with van der Waals surface area (Å²) in [4.78, 5) is 12.8. The number of benzene rings is 1. The second kappa shape index (κ2) is 6.03. The van der Waals surface area contributed by atoms with Gasteiger partial charge in [0, 0.05) is 14.1 Å². The molecular formula is C12H11N5O2. The zero-order chi connectivity index (χ0) is 14.4. The number of hydrogen-bond acceptors (Lipinski definition) is 6. The van der Waals surface area contributed by atoms with Gasteiger partial charge in [0.15, 0.2) is 0 Å². The molecule has 2 N–H and O–H groups in total. The number of nitrogens with one attached hydrogen (secondary N) is 1. The summed E-state index contributed by atoms with van der Waals surface area (Å²) in [5, 5.41) is 29.7. The van der Waals surface area contributed by atoms with Gasteiger partial charge < -0.3 is 10.0 Å². The number of carboxylic acids is 1. The third kappa shape index (κ3) is 3.45. The van der Waals surface area contributed by atoms with Crippen LogP contribution in [0.5, 0.6) is 0 Å². The molecular weight excluding hydrogens is 246 g/mol. The fourth-order valence-corrected chi connectivity index (χ4v) is 1.36. The Bertz CT molecular complexity index is 592. The van der Waals surface area contributed by atoms with Crippen molar-refractivity contribution in [1.82, 2.24) is 0 Å². The van der Waals surface area contributed by atoms with E-state index in [4.69, 9.17) is 15.6 Å². The van der Waals surface area contributed by atoms with Crippen LogP contribution in [0.4, 0.5) is 11.4 Å². The predicted octanol–water partition coefficient (Wildman–Crippen LogP) is 1.27. The minimum absolute atomic E-state index is 0.0978. The van der Waals surface area contributed by atoms with Gasteiger partial charge in [0.05, 0.1) is 16.9 Å². The zero-order valence-corrected chi connectivity index (χ0v) is 10.4. The van der Waals surface area contributed by atoms with Crippen LogP contribution in [0.25, 0.3) is 0 Å². The van der Waals surface area contributed by atoms with Crippen molar-refractivity contribution in [2.24, 2.45) is 5.10 Å². The predicted molar refractivity (Wildman–Crippen MR) is 70.0 cm³/mol. The molecule has 0 amide bonds. The first kappa shape index (κ1) is 14.0. The fraction of sp³-hybridized carbons (Fsp3) is 0.167. The Morgan fingerprint density at radius 3 is 2.47 bits per heavy atom. The fourth-order valence-electron chi connectivity index (χ4n) is 1.36. The Morgan fingerprint density at radius 1 is 1.37 bits per heavy atom. The van der Waals surface area contributed by atoms with Crippen molar-refractivity contribution >= 4 is 23.1 Å². The molecule has 1 aromatic rings. The maximum atomic E-state index is 11.1. The number of nitrogens with zero attached hydrogens (tertiary/aromatic N) is 4. The van der Waals surface area contributed by atoms with Gasteiger partial charge in [0.2, 0.25) is 5.71 Å². The van der Waals surface area contributed by atoms with E-state index in [9.17, 15) is 4.79 Å². The zero-order valence-electron chi connectivity index (χ0n) is 10.4. The van der Waals surface area contributed by atoms with Gasteiger partial charge in [-0.15, -0.1) is 0 Å². The summed E-state index contributed by atoms with van der Waals surface area (Å²) in [5.41, 5.74) is 3.15. The molecule has 0 saturated heterocycles. The van der Waals surface area contributed by atoms with E-state index in [0.29, 0.717) is 11.4 Å². The first-order valence-electron chi connectivity index (χ1n) is 5.18. The lowest BCUT2D eigenvalue weighted by molar-refractivity contribution is 0.0697. The summed E-state index contributed by atoms with van der Waals surface area (Å²) in [6.45, 7) is 0. The maximum Gasteiger partial charge on any atom is 0.337 e. The number of carbonyl (C=O) groups is 1. The molecule has 0 saturated carbocycles. The lowest BCUT2D eigenvalue weighted by Crippen LogP contribution is -2.14. The molecule has 0 aliphatic rings. The van der Waals surface area contributed by atoms with Gasteiger partial charge in [0.25, 0.3) is 0 Å². The Kier molecular flexibility index (Phi) is 4.44. The van der Waals surface area contributed by atoms with E-state index < -0.39 is 5.97 Å². The molecule has 0 radical (unpaired) electrons. The number of hydrazone groups is 1. The van der Waals surface area contributed by atoms with Gasteiger partial charge in [-0.1, -0.05) is 0 Å². The van der Waals surface area contributed by atoms with Crippen molar-refractivity contribution < 1.29 is 9.90 Å². The van der Waals surface area contributed by atoms with E-state index in [1.165, 1.54) is 6.07 Å². The Hall–Kier alpha value is -3.06. The van der Waals surface area contributed by atoms with Gasteiger partial charge in [0.1, 0.15) is 12.1 Å². The summed E-state index contributed by atoms with van der Waals surface area (Å²) >= 11 is 0. The topological polar surface area (TPSA) is 113 Å². The normalized spacial score (nSPS) is 8.84. The molecule has 0 atom stereocenters. The highest BCUT2D eigenvalue weighted by Gasteiger charge is 2.12. The van der Waals surface area contributed by atoms with Crippen LogP contribution in [0.3, 0.4) is 0 Å². The van der Waals surface area contributed by atoms with Crippen LogP contribution >= 0.6 is 0 Å². The highest BCUT2D eigenvalue weighted by molar-refractivity contribution is 6.10. The number of rotatable bonds is 4. The van der Waals surface area contributed by atoms with E-state index in [0.717, 1.165) is 0 Å². The number of aromatic carboxylic acids is 1. The largest absolute Gasteiger partial charge is 0.478 e. The molecule has 96 valence electrons. The molecule has 0 aliphatic heterocycles. The smallest absolute Gasteiger partial charge is 0.337 e. The number of nitriles is 2. The monoisotopic (exact) mass is 257 g/mol. The standard InChI is InChI=1S/C12H11N5O2/c1-17(2)11-4-3-8(5-10(11)12(18)19)15-16-9(6-13)7-14/h3-5,15H,1-2H3,(H,18,19). The number of carboxylic acid groups (broad SMARTS) is 1. The molecule has 1 aromatic carbocycles. The second-order valence-electron chi connectivity index (χ2n) is 3.73. The van der Waals surface area contributed by atoms with E-state index >= 15 is 0 Å². The van der Waals surface area contributed by atoms with Gasteiger partial charge >= 0.3 is 5.97 Å². The van der Waals surface area contributed by atoms with Crippen LogP contribution in [0.15, 0.2) is 23.3 Å². The molecule has 0 spiro atoms. The average molecular weight is 257 g/mol. The van der Waals surface area contributed by atoms with E-state index in [1.54, 1.807) is 43.3 Å². The molecule has 0 aliphatic carbocycles. The SMILES string of the molecule is CN(C)c1ccc(NN=C(C#N)C#N)cc1C(=O)O. The molecule has 0 heterocycles. The van der Waals surface area contributed by atoms with Crippen molar-refractivity contribution in [3.05, 3.63) is 23.8 Å². The van der Waals surface area contributed by atoms with Crippen molar-refractivity contribution in [2.75, 3.05) is 24.4 Å². The van der Waals surface area contributed by atoms with Crippen LogP contribution in [0, 0.1) is 22.7 Å². The molecule has 0 aromatic heterocycles. The van der Waals surface area contributed by atoms with Crippen molar-refractivity contribution in [3.63, 3.8) is 0 Å². The maximum absolute atomic E-state index is 11.1. The quantitative estimate of drug-likeness (QED) is 0.620. The van der Waals surface area contributed by atoms with Crippen molar-refractivity contribution in [1.29, 1.82) is 10.5 Å². The summed E-state index contributed by atoms with van der Waals surface area (Å²) in [6, 6.07) is 7.78. The molecule has 0 fully saturated rings. The molecule has 7 heteroatoms. The van der Waals surface area contributed by atoms with Crippen LogP contribution in [-0.4, -0.2) is 30.9 Å². The van der Waals surface area contributed by atoms with E-state index in [-0.39, 0.29) is 11.3 Å². The van der Waals surface area contributed by atoms with Gasteiger partial charge in [-0.3, -0.25) is 5.43 Å². The highest BCUT2D eigenvalue weighted by atomic mass is 16.4. The third-order valence-electron chi connectivity index (χ3n) is 2.22. The molecule has 1 rings (SSSR count). The minimum Gasteiger partial charge on any atom is -0.478 e. The van der Waals surface area contributed by atoms with Gasteiger partial charge in [-0.2, -0.15) is 15.6 Å². The number of anilines is 2. The van der Waals surface area contributed by atoms with Crippen molar-refractivity contribution in [3.8, 4) is 12.1 Å². The highest BCUT2D eigenvalue weighted by Crippen LogP contribution is 2.22. The molecule has 19 heavy (non-hydrogen) atoms. The second-order valence-corrected chi connectivity index (χ2v) is 3.73. The minimum atomic E-state index is -1.07. The first-order valence-corrected chi connectivity index (χ1v) is 5.18. The molecule has 0 unspecified atom stereocenters. The average Bonchev–Trinajstić information content (AvgIpc) is 2.39. The molecule has 7 nitrogen and oxygen atoms in total. The lowest BCUT2D eigenvalue weighted by Gasteiger charge is -2.16. The third-order valence-corrected chi connectivity index (χ3v) is 2.22. The summed E-state index contributed by atoms with van der Waals surface area (Å²) in [7, 11) is 3.47. The van der Waals surface area contributed by atoms with Crippen LogP contribution in [0.1, 0.15) is 10.4 Å². The Balaban J connectivity index is 3.11. The van der Waals surface area contributed by atoms with Crippen LogP contribution in [0.2, 0.25) is 0 Å². The lowest BCUT2D eigenvalue weighted by atomic mass is 10.1. The Morgan fingerprint density at radius 2 is 2.00 bits per heavy atom. The van der Waals surface area contributed by atoms with Gasteiger partial charge in [-0.25, -0.2) is 4.79 Å². The van der Waals surface area contributed by atoms with Crippen LogP contribution in [-0.2, 0) is 0 Å². The first-order chi connectivity index (χ1) is 8.99. The van der Waals surface area contributed by atoms with E-state index in [1.807, 2.05) is 0 Å². The van der Waals surface area contributed by atoms with Crippen molar-refractivity contribution in [2.45, 2.75) is 0 Å². The summed E-state index contributed by atoms with van der Waals surface area (Å²) in [6.07, 6.45) is 0. The van der Waals surface area contributed by atoms with Crippen LogP contribution < -0.4 is 10.3 Å². The number of hydrogen-bond donors (Lipinski definition) is 2. The van der Waals surface area contributed by atoms with E-state index in [2.05, 4.69) is 10.5 Å². The summed E-state index contributed by atoms with van der Waals surface area (Å²) < 4.78 is 0. The van der Waals surface area contributed by atoms with Gasteiger partial charge in [-0.05, 0) is 18.2 Å². The Labute approximate surface area is 110 Å². The summed E-state index contributed by atoms with van der Waals surface area (Å²) in [5.74, 6) is -1.07. The molecule has 0 bridgehead atoms.